The number of thiocyanates is 1. The highest BCUT2D eigenvalue weighted by atomic mass is 32.2. The van der Waals surface area contributed by atoms with Crippen LogP contribution in [0.3, 0.4) is 0 Å². The van der Waals surface area contributed by atoms with Gasteiger partial charge in [-0.2, -0.15) is 5.26 Å². The molecule has 10 heavy (non-hydrogen) atoms. The fraction of sp³-hybridized carbons (Fsp3) is 0.667. The Morgan fingerprint density at radius 1 is 1.80 bits per heavy atom. The average Bonchev–Trinajstić information content (AvgIpc) is 2.31. The SMILES string of the molecule is N#CSCN1CCCC1=O. The highest BCUT2D eigenvalue weighted by Gasteiger charge is 2.19. The molecular weight excluding hydrogens is 148 g/mol. The molecule has 0 aromatic carbocycles. The summed E-state index contributed by atoms with van der Waals surface area (Å²) >= 11 is 1.12. The summed E-state index contributed by atoms with van der Waals surface area (Å²) in [5, 5.41) is 10.1. The van der Waals surface area contributed by atoms with Crippen molar-refractivity contribution in [1.29, 1.82) is 5.26 Å². The van der Waals surface area contributed by atoms with E-state index < -0.39 is 0 Å². The minimum absolute atomic E-state index is 0.183. The lowest BCUT2D eigenvalue weighted by atomic mass is 10.4. The molecule has 1 heterocycles. The quantitative estimate of drug-likeness (QED) is 0.555. The van der Waals surface area contributed by atoms with Crippen molar-refractivity contribution in [2.45, 2.75) is 12.8 Å². The molecule has 0 aromatic rings. The summed E-state index contributed by atoms with van der Waals surface area (Å²) in [4.78, 5) is 12.6. The largest absolute Gasteiger partial charge is 0.332 e. The molecule has 3 nitrogen and oxygen atoms in total. The molecule has 4 heteroatoms. The van der Waals surface area contributed by atoms with E-state index in [1.165, 1.54) is 0 Å². The second-order valence-electron chi connectivity index (χ2n) is 2.13. The van der Waals surface area contributed by atoms with Crippen LogP contribution in [0.15, 0.2) is 0 Å². The molecule has 0 radical (unpaired) electrons. The van der Waals surface area contributed by atoms with E-state index in [0.717, 1.165) is 24.7 Å². The van der Waals surface area contributed by atoms with Gasteiger partial charge in [0.25, 0.3) is 0 Å². The molecule has 0 atom stereocenters. The lowest BCUT2D eigenvalue weighted by molar-refractivity contribution is -0.126. The van der Waals surface area contributed by atoms with Gasteiger partial charge in [-0.1, -0.05) is 0 Å². The maximum atomic E-state index is 10.9. The van der Waals surface area contributed by atoms with Crippen molar-refractivity contribution in [3.8, 4) is 5.40 Å². The van der Waals surface area contributed by atoms with Gasteiger partial charge in [0.05, 0.1) is 5.88 Å². The van der Waals surface area contributed by atoms with Gasteiger partial charge >= 0.3 is 0 Å². The van der Waals surface area contributed by atoms with E-state index in [-0.39, 0.29) is 5.91 Å². The third kappa shape index (κ3) is 1.64. The maximum absolute atomic E-state index is 10.9. The van der Waals surface area contributed by atoms with E-state index in [2.05, 4.69) is 0 Å². The smallest absolute Gasteiger partial charge is 0.223 e. The van der Waals surface area contributed by atoms with Gasteiger partial charge in [-0.15, -0.1) is 0 Å². The maximum Gasteiger partial charge on any atom is 0.223 e. The first-order valence-electron chi connectivity index (χ1n) is 3.13. The first-order valence-corrected chi connectivity index (χ1v) is 4.12. The highest BCUT2D eigenvalue weighted by molar-refractivity contribution is 8.03. The molecule has 0 spiro atoms. The summed E-state index contributed by atoms with van der Waals surface area (Å²) in [7, 11) is 0. The van der Waals surface area contributed by atoms with Gasteiger partial charge in [-0.3, -0.25) is 4.79 Å². The molecule has 1 rings (SSSR count). The van der Waals surface area contributed by atoms with Crippen LogP contribution < -0.4 is 0 Å². The molecule has 1 aliphatic heterocycles. The summed E-state index contributed by atoms with van der Waals surface area (Å²) in [6.45, 7) is 0.827. The monoisotopic (exact) mass is 156 g/mol. The zero-order valence-electron chi connectivity index (χ0n) is 5.54. The Bertz CT molecular complexity index is 175. The second-order valence-corrected chi connectivity index (χ2v) is 2.85. The lowest BCUT2D eigenvalue weighted by Gasteiger charge is -2.10. The summed E-state index contributed by atoms with van der Waals surface area (Å²) in [5.74, 6) is 0.720. The molecule has 1 amide bonds. The Morgan fingerprint density at radius 3 is 3.10 bits per heavy atom. The van der Waals surface area contributed by atoms with E-state index in [0.29, 0.717) is 12.3 Å². The molecule has 0 N–H and O–H groups in total. The van der Waals surface area contributed by atoms with Crippen molar-refractivity contribution in [1.82, 2.24) is 4.90 Å². The summed E-state index contributed by atoms with van der Waals surface area (Å²) in [5.41, 5.74) is 0. The number of rotatable bonds is 2. The predicted molar refractivity (Wildman–Crippen MR) is 39.0 cm³/mol. The predicted octanol–water partition coefficient (Wildman–Crippen LogP) is 0.781. The normalized spacial score (nSPS) is 17.5. The van der Waals surface area contributed by atoms with Crippen LogP contribution in [0.5, 0.6) is 0 Å². The number of carbonyl (C=O) groups excluding carboxylic acids is 1. The molecule has 0 aliphatic carbocycles. The number of amides is 1. The van der Waals surface area contributed by atoms with Crippen molar-refractivity contribution in [2.24, 2.45) is 0 Å². The van der Waals surface area contributed by atoms with Crippen molar-refractivity contribution >= 4 is 17.7 Å². The summed E-state index contributed by atoms with van der Waals surface area (Å²) in [6.07, 6.45) is 1.61. The Kier molecular flexibility index (Phi) is 2.57. The van der Waals surface area contributed by atoms with E-state index >= 15 is 0 Å². The van der Waals surface area contributed by atoms with Crippen LogP contribution in [0, 0.1) is 10.7 Å². The van der Waals surface area contributed by atoms with E-state index in [4.69, 9.17) is 5.26 Å². The number of thioether (sulfide) groups is 1. The van der Waals surface area contributed by atoms with Crippen LogP contribution >= 0.6 is 11.8 Å². The van der Waals surface area contributed by atoms with Crippen LogP contribution in [0.4, 0.5) is 0 Å². The Balaban J connectivity index is 2.28. The zero-order valence-corrected chi connectivity index (χ0v) is 6.36. The second kappa shape index (κ2) is 3.47. The van der Waals surface area contributed by atoms with Crippen molar-refractivity contribution in [2.75, 3.05) is 12.4 Å². The number of likely N-dealkylation sites (tertiary alicyclic amines) is 1. The van der Waals surface area contributed by atoms with Crippen molar-refractivity contribution in [3.63, 3.8) is 0 Å². The molecule has 54 valence electrons. The van der Waals surface area contributed by atoms with Gasteiger partial charge < -0.3 is 4.90 Å². The third-order valence-corrected chi connectivity index (χ3v) is 2.03. The van der Waals surface area contributed by atoms with Crippen molar-refractivity contribution in [3.05, 3.63) is 0 Å². The average molecular weight is 156 g/mol. The summed E-state index contributed by atoms with van der Waals surface area (Å²) < 4.78 is 0. The topological polar surface area (TPSA) is 44.1 Å². The molecule has 0 aromatic heterocycles. The molecule has 1 fully saturated rings. The molecule has 0 unspecified atom stereocenters. The number of hydrogen-bond donors (Lipinski definition) is 0. The van der Waals surface area contributed by atoms with Crippen LogP contribution in [0.2, 0.25) is 0 Å². The lowest BCUT2D eigenvalue weighted by Crippen LogP contribution is -2.23. The number of nitrogens with zero attached hydrogens (tertiary/aromatic N) is 2. The fourth-order valence-corrected chi connectivity index (χ4v) is 1.43. The molecule has 0 saturated carbocycles. The van der Waals surface area contributed by atoms with Gasteiger partial charge in [0.1, 0.15) is 5.40 Å². The summed E-state index contributed by atoms with van der Waals surface area (Å²) in [6, 6.07) is 0. The van der Waals surface area contributed by atoms with Crippen molar-refractivity contribution < 1.29 is 4.79 Å². The number of hydrogen-bond acceptors (Lipinski definition) is 3. The first-order chi connectivity index (χ1) is 4.84. The number of nitriles is 1. The van der Waals surface area contributed by atoms with E-state index in [9.17, 15) is 4.79 Å². The van der Waals surface area contributed by atoms with Crippen LogP contribution in [-0.2, 0) is 4.79 Å². The van der Waals surface area contributed by atoms with Crippen LogP contribution in [0.25, 0.3) is 0 Å². The van der Waals surface area contributed by atoms with Gasteiger partial charge in [0.2, 0.25) is 5.91 Å². The fourth-order valence-electron chi connectivity index (χ4n) is 0.947. The molecule has 0 bridgehead atoms. The van der Waals surface area contributed by atoms with Gasteiger partial charge in [0, 0.05) is 13.0 Å². The Hall–Kier alpha value is -0.690. The van der Waals surface area contributed by atoms with Gasteiger partial charge in [-0.05, 0) is 18.2 Å². The minimum Gasteiger partial charge on any atom is -0.332 e. The van der Waals surface area contributed by atoms with E-state index in [1.807, 2.05) is 5.40 Å². The van der Waals surface area contributed by atoms with E-state index in [1.54, 1.807) is 4.90 Å². The number of carbonyl (C=O) groups is 1. The highest BCUT2D eigenvalue weighted by Crippen LogP contribution is 2.12. The Labute approximate surface area is 64.0 Å². The molecular formula is C6H8N2OS. The van der Waals surface area contributed by atoms with Gasteiger partial charge in [0.15, 0.2) is 0 Å². The first kappa shape index (κ1) is 7.42. The minimum atomic E-state index is 0.183. The Morgan fingerprint density at radius 2 is 2.60 bits per heavy atom. The zero-order chi connectivity index (χ0) is 7.40. The van der Waals surface area contributed by atoms with Crippen LogP contribution in [0.1, 0.15) is 12.8 Å². The molecule has 1 saturated heterocycles. The molecule has 1 aliphatic rings. The standard InChI is InChI=1S/C6H8N2OS/c7-4-10-5-8-3-1-2-6(8)9/h1-3,5H2. The van der Waals surface area contributed by atoms with Crippen LogP contribution in [-0.4, -0.2) is 23.2 Å². The van der Waals surface area contributed by atoms with Gasteiger partial charge in [-0.25, -0.2) is 0 Å². The third-order valence-electron chi connectivity index (χ3n) is 1.46.